The van der Waals surface area contributed by atoms with Crippen molar-refractivity contribution in [3.05, 3.63) is 76.9 Å². The smallest absolute Gasteiger partial charge is 0.123 e. The van der Waals surface area contributed by atoms with E-state index >= 15 is 0 Å². The zero-order valence-corrected chi connectivity index (χ0v) is 21.3. The topological polar surface area (TPSA) is 20.2 Å². The van der Waals surface area contributed by atoms with Crippen molar-refractivity contribution >= 4 is 0 Å². The molecule has 1 aliphatic rings. The molecule has 1 nitrogen and oxygen atoms in total. The molecule has 3 aromatic rings. The molecular formula is C33H42O. The highest BCUT2D eigenvalue weighted by molar-refractivity contribution is 5.87. The van der Waals surface area contributed by atoms with E-state index in [1.807, 2.05) is 6.07 Å². The van der Waals surface area contributed by atoms with Gasteiger partial charge in [0.15, 0.2) is 0 Å². The number of aryl methyl sites for hydroxylation is 1. The Morgan fingerprint density at radius 1 is 0.618 bits per heavy atom. The predicted molar refractivity (Wildman–Crippen MR) is 147 cm³/mol. The van der Waals surface area contributed by atoms with Crippen molar-refractivity contribution < 1.29 is 5.11 Å². The van der Waals surface area contributed by atoms with Crippen LogP contribution in [0.4, 0.5) is 0 Å². The van der Waals surface area contributed by atoms with Crippen LogP contribution < -0.4 is 0 Å². The highest BCUT2D eigenvalue weighted by atomic mass is 16.3. The van der Waals surface area contributed by atoms with Crippen LogP contribution in [0.5, 0.6) is 5.75 Å². The second-order valence-electron chi connectivity index (χ2n) is 10.1. The van der Waals surface area contributed by atoms with E-state index in [0.717, 1.165) is 24.8 Å². The van der Waals surface area contributed by atoms with Crippen LogP contribution in [-0.4, -0.2) is 5.11 Å². The van der Waals surface area contributed by atoms with Crippen LogP contribution in [0.15, 0.2) is 54.6 Å². The average Bonchev–Trinajstić information content (AvgIpc) is 3.24. The van der Waals surface area contributed by atoms with Gasteiger partial charge in [0, 0.05) is 5.56 Å². The Bertz CT molecular complexity index is 1080. The standard InChI is InChI=1S/C33H42O/c1-3-5-7-9-11-16-25-22-23-32(34)33(28(25)19-12-10-8-6-4-2)30-21-15-20-29-27-18-14-13-17-26(27)24-31(29)30/h13-15,17-18,20-23,34H,3-12,16,19,24H2,1-2H3. The van der Waals surface area contributed by atoms with Crippen LogP contribution in [0.3, 0.4) is 0 Å². The molecule has 0 fully saturated rings. The van der Waals surface area contributed by atoms with Crippen molar-refractivity contribution in [1.29, 1.82) is 0 Å². The maximum Gasteiger partial charge on any atom is 0.123 e. The molecule has 180 valence electrons. The minimum atomic E-state index is 0.447. The van der Waals surface area contributed by atoms with Crippen LogP contribution >= 0.6 is 0 Å². The maximum absolute atomic E-state index is 11.2. The first-order chi connectivity index (χ1) is 16.7. The van der Waals surface area contributed by atoms with Gasteiger partial charge >= 0.3 is 0 Å². The Balaban J connectivity index is 1.68. The van der Waals surface area contributed by atoms with Crippen molar-refractivity contribution in [2.24, 2.45) is 0 Å². The van der Waals surface area contributed by atoms with Gasteiger partial charge in [0.2, 0.25) is 0 Å². The molecule has 0 radical (unpaired) electrons. The van der Waals surface area contributed by atoms with Gasteiger partial charge in [-0.1, -0.05) is 114 Å². The second-order valence-corrected chi connectivity index (χ2v) is 10.1. The molecule has 1 heteroatoms. The zero-order valence-electron chi connectivity index (χ0n) is 21.3. The summed E-state index contributed by atoms with van der Waals surface area (Å²) in [6.45, 7) is 4.55. The molecule has 0 spiro atoms. The van der Waals surface area contributed by atoms with Crippen LogP contribution in [0.1, 0.15) is 100 Å². The number of phenols is 1. The number of benzene rings is 3. The fraction of sp³-hybridized carbons (Fsp3) is 0.455. The Labute approximate surface area is 207 Å². The summed E-state index contributed by atoms with van der Waals surface area (Å²) in [4.78, 5) is 0. The average molecular weight is 455 g/mol. The van der Waals surface area contributed by atoms with E-state index < -0.39 is 0 Å². The molecule has 1 N–H and O–H groups in total. The molecule has 1 aliphatic carbocycles. The highest BCUT2D eigenvalue weighted by Gasteiger charge is 2.24. The van der Waals surface area contributed by atoms with E-state index in [-0.39, 0.29) is 0 Å². The van der Waals surface area contributed by atoms with Crippen LogP contribution in [-0.2, 0) is 19.3 Å². The number of unbranched alkanes of at least 4 members (excludes halogenated alkanes) is 8. The Hall–Kier alpha value is -2.54. The summed E-state index contributed by atoms with van der Waals surface area (Å²) in [6.07, 6.45) is 16.0. The molecule has 4 rings (SSSR count). The van der Waals surface area contributed by atoms with E-state index in [9.17, 15) is 5.11 Å². The van der Waals surface area contributed by atoms with Gasteiger partial charge in [-0.05, 0) is 77.1 Å². The number of rotatable bonds is 13. The monoisotopic (exact) mass is 454 g/mol. The third kappa shape index (κ3) is 5.57. The summed E-state index contributed by atoms with van der Waals surface area (Å²) >= 11 is 0. The Morgan fingerprint density at radius 3 is 2.03 bits per heavy atom. The number of fused-ring (bicyclic) bond motifs is 3. The van der Waals surface area contributed by atoms with E-state index in [4.69, 9.17) is 0 Å². The molecular weight excluding hydrogens is 412 g/mol. The molecule has 0 bridgehead atoms. The van der Waals surface area contributed by atoms with E-state index in [1.54, 1.807) is 0 Å². The van der Waals surface area contributed by atoms with Gasteiger partial charge in [0.1, 0.15) is 5.75 Å². The van der Waals surface area contributed by atoms with Gasteiger partial charge in [-0.3, -0.25) is 0 Å². The lowest BCUT2D eigenvalue weighted by Crippen LogP contribution is -2.01. The van der Waals surface area contributed by atoms with Crippen molar-refractivity contribution in [3.8, 4) is 28.0 Å². The third-order valence-electron chi connectivity index (χ3n) is 7.59. The largest absolute Gasteiger partial charge is 0.507 e. The molecule has 0 saturated heterocycles. The number of aromatic hydroxyl groups is 1. The SMILES string of the molecule is CCCCCCCc1ccc(O)c(-c2cccc3c2Cc2ccccc2-3)c1CCCCCCC. The fourth-order valence-electron chi connectivity index (χ4n) is 5.71. The van der Waals surface area contributed by atoms with E-state index in [2.05, 4.69) is 62.4 Å². The van der Waals surface area contributed by atoms with Gasteiger partial charge < -0.3 is 5.11 Å². The number of phenolic OH excluding ortho intramolecular Hbond substituents is 1. The summed E-state index contributed by atoms with van der Waals surface area (Å²) in [5.74, 6) is 0.447. The molecule has 0 atom stereocenters. The summed E-state index contributed by atoms with van der Waals surface area (Å²) in [7, 11) is 0. The predicted octanol–water partition coefficient (Wildman–Crippen LogP) is 9.66. The first-order valence-electron chi connectivity index (χ1n) is 13.8. The fourth-order valence-corrected chi connectivity index (χ4v) is 5.71. The van der Waals surface area contributed by atoms with Crippen molar-refractivity contribution in [1.82, 2.24) is 0 Å². The molecule has 0 aliphatic heterocycles. The van der Waals surface area contributed by atoms with Gasteiger partial charge in [0.25, 0.3) is 0 Å². The summed E-state index contributed by atoms with van der Waals surface area (Å²) in [5.41, 5.74) is 10.7. The third-order valence-corrected chi connectivity index (χ3v) is 7.59. The molecule has 0 amide bonds. The summed E-state index contributed by atoms with van der Waals surface area (Å²) in [5, 5.41) is 11.2. The first kappa shape index (κ1) is 24.6. The Kier molecular flexibility index (Phi) is 8.85. The minimum absolute atomic E-state index is 0.447. The van der Waals surface area contributed by atoms with E-state index in [1.165, 1.54) is 103 Å². The normalized spacial score (nSPS) is 12.1. The lowest BCUT2D eigenvalue weighted by molar-refractivity contribution is 0.476. The number of hydrogen-bond donors (Lipinski definition) is 1. The maximum atomic E-state index is 11.2. The first-order valence-corrected chi connectivity index (χ1v) is 13.8. The minimum Gasteiger partial charge on any atom is -0.507 e. The summed E-state index contributed by atoms with van der Waals surface area (Å²) < 4.78 is 0. The second kappa shape index (κ2) is 12.2. The van der Waals surface area contributed by atoms with Crippen LogP contribution in [0, 0.1) is 0 Å². The molecule has 0 saturated carbocycles. The molecule has 34 heavy (non-hydrogen) atoms. The molecule has 0 unspecified atom stereocenters. The van der Waals surface area contributed by atoms with Crippen molar-refractivity contribution in [3.63, 3.8) is 0 Å². The molecule has 3 aromatic carbocycles. The van der Waals surface area contributed by atoms with E-state index in [0.29, 0.717) is 5.75 Å². The summed E-state index contributed by atoms with van der Waals surface area (Å²) in [6, 6.07) is 19.6. The van der Waals surface area contributed by atoms with Crippen molar-refractivity contribution in [2.75, 3.05) is 0 Å². The van der Waals surface area contributed by atoms with Crippen LogP contribution in [0.2, 0.25) is 0 Å². The lowest BCUT2D eigenvalue weighted by atomic mass is 9.86. The number of hydrogen-bond acceptors (Lipinski definition) is 1. The quantitative estimate of drug-likeness (QED) is 0.199. The lowest BCUT2D eigenvalue weighted by Gasteiger charge is -2.19. The van der Waals surface area contributed by atoms with Gasteiger partial charge in [-0.15, -0.1) is 0 Å². The highest BCUT2D eigenvalue weighted by Crippen LogP contribution is 2.45. The van der Waals surface area contributed by atoms with Crippen LogP contribution in [0.25, 0.3) is 22.3 Å². The van der Waals surface area contributed by atoms with Gasteiger partial charge in [-0.2, -0.15) is 0 Å². The molecule has 0 aromatic heterocycles. The van der Waals surface area contributed by atoms with Gasteiger partial charge in [-0.25, -0.2) is 0 Å². The molecule has 0 heterocycles. The zero-order chi connectivity index (χ0) is 23.8. The Morgan fingerprint density at radius 2 is 1.26 bits per heavy atom. The van der Waals surface area contributed by atoms with Gasteiger partial charge in [0.05, 0.1) is 0 Å². The van der Waals surface area contributed by atoms with Crippen molar-refractivity contribution in [2.45, 2.75) is 97.3 Å².